The zero-order valence-corrected chi connectivity index (χ0v) is 10.7. The van der Waals surface area contributed by atoms with Crippen molar-refractivity contribution in [2.75, 3.05) is 25.5 Å². The number of piperidine rings is 1. The SMILES string of the molecule is CNc1ccc(CN2CCCCC2)cc1[N+](=O)[O-]. The Morgan fingerprint density at radius 3 is 2.67 bits per heavy atom. The summed E-state index contributed by atoms with van der Waals surface area (Å²) in [4.78, 5) is 13.0. The lowest BCUT2D eigenvalue weighted by atomic mass is 10.1. The Morgan fingerprint density at radius 1 is 1.33 bits per heavy atom. The van der Waals surface area contributed by atoms with Crippen molar-refractivity contribution in [3.63, 3.8) is 0 Å². The first-order chi connectivity index (χ1) is 8.70. The van der Waals surface area contributed by atoms with Crippen LogP contribution in [0.25, 0.3) is 0 Å². The zero-order chi connectivity index (χ0) is 13.0. The summed E-state index contributed by atoms with van der Waals surface area (Å²) in [5.41, 5.74) is 1.75. The van der Waals surface area contributed by atoms with Crippen molar-refractivity contribution < 1.29 is 4.92 Å². The van der Waals surface area contributed by atoms with E-state index < -0.39 is 0 Å². The van der Waals surface area contributed by atoms with Crippen molar-refractivity contribution in [1.82, 2.24) is 4.90 Å². The molecule has 0 amide bonds. The minimum Gasteiger partial charge on any atom is -0.383 e. The summed E-state index contributed by atoms with van der Waals surface area (Å²) >= 11 is 0. The third kappa shape index (κ3) is 2.98. The van der Waals surface area contributed by atoms with Crippen LogP contribution in [-0.4, -0.2) is 30.0 Å². The smallest absolute Gasteiger partial charge is 0.292 e. The molecule has 1 fully saturated rings. The first-order valence-corrected chi connectivity index (χ1v) is 6.38. The molecule has 5 heteroatoms. The van der Waals surface area contributed by atoms with Crippen LogP contribution in [0.2, 0.25) is 0 Å². The molecule has 0 bridgehead atoms. The summed E-state index contributed by atoms with van der Waals surface area (Å²) in [7, 11) is 1.70. The Balaban J connectivity index is 2.13. The number of hydrogen-bond donors (Lipinski definition) is 1. The largest absolute Gasteiger partial charge is 0.383 e. The van der Waals surface area contributed by atoms with E-state index in [9.17, 15) is 10.1 Å². The summed E-state index contributed by atoms with van der Waals surface area (Å²) in [5, 5.41) is 13.8. The van der Waals surface area contributed by atoms with E-state index in [4.69, 9.17) is 0 Å². The number of hydrogen-bond acceptors (Lipinski definition) is 4. The van der Waals surface area contributed by atoms with Gasteiger partial charge in [-0.3, -0.25) is 15.0 Å². The lowest BCUT2D eigenvalue weighted by molar-refractivity contribution is -0.384. The number of rotatable bonds is 4. The average Bonchev–Trinajstić information content (AvgIpc) is 2.40. The van der Waals surface area contributed by atoms with Crippen molar-refractivity contribution in [1.29, 1.82) is 0 Å². The number of benzene rings is 1. The summed E-state index contributed by atoms with van der Waals surface area (Å²) in [5.74, 6) is 0. The molecule has 0 unspecified atom stereocenters. The molecular formula is C13H19N3O2. The first kappa shape index (κ1) is 12.8. The van der Waals surface area contributed by atoms with Crippen LogP contribution in [0, 0.1) is 10.1 Å². The maximum atomic E-state index is 11.0. The minimum absolute atomic E-state index is 0.159. The van der Waals surface area contributed by atoms with Crippen molar-refractivity contribution in [2.24, 2.45) is 0 Å². The van der Waals surface area contributed by atoms with Crippen LogP contribution in [0.3, 0.4) is 0 Å². The molecule has 0 aromatic heterocycles. The second-order valence-corrected chi connectivity index (χ2v) is 4.70. The van der Waals surface area contributed by atoms with Crippen LogP contribution in [0.5, 0.6) is 0 Å². The number of nitrogens with zero attached hydrogens (tertiary/aromatic N) is 2. The maximum absolute atomic E-state index is 11.0. The molecule has 2 rings (SSSR count). The van der Waals surface area contributed by atoms with Gasteiger partial charge in [-0.1, -0.05) is 12.5 Å². The number of likely N-dealkylation sites (tertiary alicyclic amines) is 1. The fourth-order valence-electron chi connectivity index (χ4n) is 2.41. The Labute approximate surface area is 107 Å². The van der Waals surface area contributed by atoms with E-state index in [-0.39, 0.29) is 10.6 Å². The van der Waals surface area contributed by atoms with Crippen LogP contribution >= 0.6 is 0 Å². The van der Waals surface area contributed by atoms with Gasteiger partial charge in [0, 0.05) is 19.7 Å². The van der Waals surface area contributed by atoms with E-state index >= 15 is 0 Å². The second kappa shape index (κ2) is 5.82. The summed E-state index contributed by atoms with van der Waals surface area (Å²) in [6, 6.07) is 5.44. The van der Waals surface area contributed by atoms with Gasteiger partial charge in [-0.05, 0) is 37.6 Å². The van der Waals surface area contributed by atoms with Gasteiger partial charge < -0.3 is 5.32 Å². The molecule has 1 aliphatic rings. The van der Waals surface area contributed by atoms with Crippen LogP contribution in [0.1, 0.15) is 24.8 Å². The Bertz CT molecular complexity index is 428. The molecule has 0 saturated carbocycles. The molecule has 0 spiro atoms. The van der Waals surface area contributed by atoms with E-state index in [0.29, 0.717) is 5.69 Å². The quantitative estimate of drug-likeness (QED) is 0.658. The van der Waals surface area contributed by atoms with Crippen LogP contribution < -0.4 is 5.32 Å². The molecule has 18 heavy (non-hydrogen) atoms. The van der Waals surface area contributed by atoms with Crippen LogP contribution in [-0.2, 0) is 6.54 Å². The molecule has 0 atom stereocenters. The third-order valence-corrected chi connectivity index (χ3v) is 3.38. The molecule has 98 valence electrons. The van der Waals surface area contributed by atoms with Gasteiger partial charge in [0.25, 0.3) is 5.69 Å². The van der Waals surface area contributed by atoms with Gasteiger partial charge in [0.2, 0.25) is 0 Å². The van der Waals surface area contributed by atoms with Gasteiger partial charge in [0.05, 0.1) is 4.92 Å². The first-order valence-electron chi connectivity index (χ1n) is 6.38. The summed E-state index contributed by atoms with van der Waals surface area (Å²) < 4.78 is 0. The molecule has 1 aromatic carbocycles. The molecule has 0 aliphatic carbocycles. The van der Waals surface area contributed by atoms with Gasteiger partial charge in [0.15, 0.2) is 0 Å². The van der Waals surface area contributed by atoms with E-state index in [1.165, 1.54) is 19.3 Å². The molecule has 5 nitrogen and oxygen atoms in total. The molecule has 1 N–H and O–H groups in total. The van der Waals surface area contributed by atoms with Crippen molar-refractivity contribution in [3.8, 4) is 0 Å². The lowest BCUT2D eigenvalue weighted by Crippen LogP contribution is -2.29. The van der Waals surface area contributed by atoms with Gasteiger partial charge in [-0.25, -0.2) is 0 Å². The number of nitro groups is 1. The van der Waals surface area contributed by atoms with Crippen molar-refractivity contribution in [2.45, 2.75) is 25.8 Å². The van der Waals surface area contributed by atoms with Crippen LogP contribution in [0.4, 0.5) is 11.4 Å². The maximum Gasteiger partial charge on any atom is 0.292 e. The molecule has 1 saturated heterocycles. The number of nitro benzene ring substituents is 1. The molecule has 0 radical (unpaired) electrons. The molecular weight excluding hydrogens is 230 g/mol. The average molecular weight is 249 g/mol. The van der Waals surface area contributed by atoms with Crippen molar-refractivity contribution in [3.05, 3.63) is 33.9 Å². The second-order valence-electron chi connectivity index (χ2n) is 4.70. The van der Waals surface area contributed by atoms with E-state index in [0.717, 1.165) is 25.2 Å². The highest BCUT2D eigenvalue weighted by atomic mass is 16.6. The number of nitrogens with one attached hydrogen (secondary N) is 1. The van der Waals surface area contributed by atoms with Gasteiger partial charge in [-0.2, -0.15) is 0 Å². The summed E-state index contributed by atoms with van der Waals surface area (Å²) in [6.07, 6.45) is 3.77. The van der Waals surface area contributed by atoms with Crippen molar-refractivity contribution >= 4 is 11.4 Å². The highest BCUT2D eigenvalue weighted by Gasteiger charge is 2.16. The topological polar surface area (TPSA) is 58.4 Å². The molecule has 1 heterocycles. The van der Waals surface area contributed by atoms with E-state index in [2.05, 4.69) is 10.2 Å². The molecule has 1 aliphatic heterocycles. The Morgan fingerprint density at radius 2 is 2.06 bits per heavy atom. The lowest BCUT2D eigenvalue weighted by Gasteiger charge is -2.26. The van der Waals surface area contributed by atoms with Gasteiger partial charge in [0.1, 0.15) is 5.69 Å². The highest BCUT2D eigenvalue weighted by Crippen LogP contribution is 2.26. The normalized spacial score (nSPS) is 16.5. The minimum atomic E-state index is -0.328. The Kier molecular flexibility index (Phi) is 4.15. The van der Waals surface area contributed by atoms with E-state index in [1.807, 2.05) is 6.07 Å². The fourth-order valence-corrected chi connectivity index (χ4v) is 2.41. The predicted octanol–water partition coefficient (Wildman–Crippen LogP) is 2.62. The Hall–Kier alpha value is -1.62. The summed E-state index contributed by atoms with van der Waals surface area (Å²) in [6.45, 7) is 3.01. The monoisotopic (exact) mass is 249 g/mol. The standard InChI is InChI=1S/C13H19N3O2/c1-14-12-6-5-11(9-13(12)16(17)18)10-15-7-3-2-4-8-15/h5-6,9,14H,2-4,7-8,10H2,1H3. The highest BCUT2D eigenvalue weighted by molar-refractivity contribution is 5.62. The third-order valence-electron chi connectivity index (χ3n) is 3.38. The molecule has 1 aromatic rings. The predicted molar refractivity (Wildman–Crippen MR) is 71.8 cm³/mol. The van der Waals surface area contributed by atoms with Crippen LogP contribution in [0.15, 0.2) is 18.2 Å². The van der Waals surface area contributed by atoms with Gasteiger partial charge >= 0.3 is 0 Å². The zero-order valence-electron chi connectivity index (χ0n) is 10.7. The fraction of sp³-hybridized carbons (Fsp3) is 0.538. The van der Waals surface area contributed by atoms with E-state index in [1.54, 1.807) is 19.2 Å². The number of anilines is 1. The van der Waals surface area contributed by atoms with Gasteiger partial charge in [-0.15, -0.1) is 0 Å².